The van der Waals surface area contributed by atoms with Crippen LogP contribution in [0, 0.1) is 7.53 Å². The van der Waals surface area contributed by atoms with Gasteiger partial charge in [0.1, 0.15) is 3.70 Å². The topological polar surface area (TPSA) is 63.2 Å². The van der Waals surface area contributed by atoms with Crippen LogP contribution in [0.1, 0.15) is 26.3 Å². The Morgan fingerprint density at radius 3 is 2.20 bits per heavy atom. The highest BCUT2D eigenvalue weighted by Crippen LogP contribution is 2.25. The molecule has 1 aromatic carbocycles. The molecule has 100 valence electrons. The molecule has 1 aliphatic rings. The summed E-state index contributed by atoms with van der Waals surface area (Å²) < 4.78 is 1.39. The van der Waals surface area contributed by atoms with E-state index in [1.54, 1.807) is 30.5 Å². The fraction of sp³-hybridized carbons (Fsp3) is 0.0769. The van der Waals surface area contributed by atoms with Crippen molar-refractivity contribution in [3.05, 3.63) is 54.7 Å². The van der Waals surface area contributed by atoms with Crippen molar-refractivity contribution in [2.45, 2.75) is 6.54 Å². The maximum absolute atomic E-state index is 12.3. The molecule has 0 atom stereocenters. The average molecular weight is 491 g/mol. The van der Waals surface area contributed by atoms with Gasteiger partial charge in [0.25, 0.3) is 11.8 Å². The average Bonchev–Trinajstić information content (AvgIpc) is 2.67. The van der Waals surface area contributed by atoms with Crippen molar-refractivity contribution in [1.29, 1.82) is 0 Å². The SMILES string of the molecule is O=C1c2ccccc2C(=O)N1Cc1cnc(I)nc1I. The minimum atomic E-state index is -0.264. The number of fused-ring (bicyclic) bond motifs is 1. The van der Waals surface area contributed by atoms with E-state index in [0.717, 1.165) is 9.26 Å². The van der Waals surface area contributed by atoms with E-state index < -0.39 is 0 Å². The Labute approximate surface area is 142 Å². The van der Waals surface area contributed by atoms with Gasteiger partial charge in [-0.3, -0.25) is 14.5 Å². The third-order valence-electron chi connectivity index (χ3n) is 2.99. The second kappa shape index (κ2) is 5.35. The number of aromatic nitrogens is 2. The first-order valence-corrected chi connectivity index (χ1v) is 7.86. The number of imide groups is 1. The van der Waals surface area contributed by atoms with Crippen LogP contribution in [0.4, 0.5) is 0 Å². The Morgan fingerprint density at radius 2 is 1.65 bits per heavy atom. The Morgan fingerprint density at radius 1 is 1.05 bits per heavy atom. The summed E-state index contributed by atoms with van der Waals surface area (Å²) in [5.74, 6) is -0.528. The van der Waals surface area contributed by atoms with Gasteiger partial charge in [0.15, 0.2) is 3.83 Å². The molecule has 7 heteroatoms. The Kier molecular flexibility index (Phi) is 3.71. The van der Waals surface area contributed by atoms with Gasteiger partial charge in [-0.1, -0.05) is 12.1 Å². The lowest BCUT2D eigenvalue weighted by atomic mass is 10.1. The zero-order valence-electron chi connectivity index (χ0n) is 10.0. The van der Waals surface area contributed by atoms with Gasteiger partial charge in [0.2, 0.25) is 0 Å². The molecule has 5 nitrogen and oxygen atoms in total. The molecule has 1 aromatic heterocycles. The Balaban J connectivity index is 1.94. The molecule has 0 saturated carbocycles. The standard InChI is InChI=1S/C13H7I2N3O2/c14-10-7(5-16-13(15)17-10)6-18-11(19)8-3-1-2-4-9(8)12(18)20/h1-5H,6H2. The van der Waals surface area contributed by atoms with Crippen LogP contribution >= 0.6 is 45.2 Å². The summed E-state index contributed by atoms with van der Waals surface area (Å²) in [6, 6.07) is 6.85. The number of amides is 2. The van der Waals surface area contributed by atoms with Gasteiger partial charge < -0.3 is 0 Å². The van der Waals surface area contributed by atoms with Crippen LogP contribution in [0.3, 0.4) is 0 Å². The third kappa shape index (κ3) is 2.32. The predicted molar refractivity (Wildman–Crippen MR) is 88.1 cm³/mol. The van der Waals surface area contributed by atoms with E-state index in [0.29, 0.717) is 15.0 Å². The maximum Gasteiger partial charge on any atom is 0.261 e. The molecule has 0 aliphatic carbocycles. The molecule has 0 unspecified atom stereocenters. The van der Waals surface area contributed by atoms with E-state index in [1.807, 2.05) is 22.6 Å². The van der Waals surface area contributed by atoms with Crippen LogP contribution < -0.4 is 0 Å². The molecule has 1 aliphatic heterocycles. The van der Waals surface area contributed by atoms with Crippen LogP contribution in [-0.2, 0) is 6.54 Å². The summed E-state index contributed by atoms with van der Waals surface area (Å²) in [7, 11) is 0. The van der Waals surface area contributed by atoms with Crippen molar-refractivity contribution in [1.82, 2.24) is 14.9 Å². The van der Waals surface area contributed by atoms with E-state index in [2.05, 4.69) is 32.6 Å². The van der Waals surface area contributed by atoms with Crippen LogP contribution in [0.2, 0.25) is 0 Å². The molecule has 0 N–H and O–H groups in total. The Hall–Kier alpha value is -1.10. The van der Waals surface area contributed by atoms with Crippen molar-refractivity contribution in [2.24, 2.45) is 0 Å². The second-order valence-corrected chi connectivity index (χ2v) is 6.18. The molecule has 2 amide bonds. The molecule has 2 heterocycles. The number of rotatable bonds is 2. The van der Waals surface area contributed by atoms with E-state index in [4.69, 9.17) is 0 Å². The number of hydrogen-bond donors (Lipinski definition) is 0. The highest BCUT2D eigenvalue weighted by atomic mass is 127. The number of carbonyl (C=O) groups is 2. The van der Waals surface area contributed by atoms with Gasteiger partial charge in [-0.2, -0.15) is 0 Å². The summed E-state index contributed by atoms with van der Waals surface area (Å²) in [4.78, 5) is 34.1. The molecule has 0 spiro atoms. The lowest BCUT2D eigenvalue weighted by Gasteiger charge is -2.14. The first kappa shape index (κ1) is 13.9. The van der Waals surface area contributed by atoms with Gasteiger partial charge in [-0.05, 0) is 34.7 Å². The third-order valence-corrected chi connectivity index (χ3v) is 4.44. The van der Waals surface area contributed by atoms with Crippen molar-refractivity contribution < 1.29 is 9.59 Å². The fourth-order valence-corrected chi connectivity index (χ4v) is 3.41. The summed E-state index contributed by atoms with van der Waals surface area (Å²) >= 11 is 4.10. The van der Waals surface area contributed by atoms with Gasteiger partial charge in [-0.25, -0.2) is 9.97 Å². The normalized spacial score (nSPS) is 13.8. The fourth-order valence-electron chi connectivity index (χ4n) is 2.03. The molecular formula is C13H7I2N3O2. The molecule has 0 radical (unpaired) electrons. The maximum atomic E-state index is 12.3. The van der Waals surface area contributed by atoms with Crippen LogP contribution in [0.5, 0.6) is 0 Å². The first-order chi connectivity index (χ1) is 9.58. The zero-order valence-corrected chi connectivity index (χ0v) is 14.3. The van der Waals surface area contributed by atoms with E-state index in [1.165, 1.54) is 4.90 Å². The molecular weight excluding hydrogens is 484 g/mol. The molecule has 3 rings (SSSR count). The van der Waals surface area contributed by atoms with Gasteiger partial charge in [-0.15, -0.1) is 0 Å². The van der Waals surface area contributed by atoms with Crippen molar-refractivity contribution in [3.63, 3.8) is 0 Å². The van der Waals surface area contributed by atoms with Crippen LogP contribution in [0.15, 0.2) is 30.5 Å². The lowest BCUT2D eigenvalue weighted by molar-refractivity contribution is 0.0641. The largest absolute Gasteiger partial charge is 0.270 e. The summed E-state index contributed by atoms with van der Waals surface area (Å²) in [5, 5.41) is 0. The number of carbonyl (C=O) groups excluding carboxylic acids is 2. The van der Waals surface area contributed by atoms with Crippen LogP contribution in [-0.4, -0.2) is 26.7 Å². The molecule has 0 bridgehead atoms. The number of nitrogens with zero attached hydrogens (tertiary/aromatic N) is 3. The number of hydrogen-bond acceptors (Lipinski definition) is 4. The highest BCUT2D eigenvalue weighted by Gasteiger charge is 2.35. The molecule has 2 aromatic rings. The van der Waals surface area contributed by atoms with E-state index >= 15 is 0 Å². The van der Waals surface area contributed by atoms with Crippen molar-refractivity contribution >= 4 is 57.0 Å². The predicted octanol–water partition coefficient (Wildman–Crippen LogP) is 2.48. The summed E-state index contributed by atoms with van der Waals surface area (Å²) in [5.41, 5.74) is 1.68. The summed E-state index contributed by atoms with van der Waals surface area (Å²) in [6.45, 7) is 0.196. The highest BCUT2D eigenvalue weighted by molar-refractivity contribution is 14.1. The minimum Gasteiger partial charge on any atom is -0.270 e. The number of halogens is 2. The zero-order chi connectivity index (χ0) is 14.3. The molecule has 0 saturated heterocycles. The van der Waals surface area contributed by atoms with E-state index in [9.17, 15) is 9.59 Å². The second-order valence-electron chi connectivity index (χ2n) is 4.20. The van der Waals surface area contributed by atoms with Crippen molar-refractivity contribution in [3.8, 4) is 0 Å². The Bertz CT molecular complexity index is 698. The quantitative estimate of drug-likeness (QED) is 0.281. The number of benzene rings is 1. The van der Waals surface area contributed by atoms with E-state index in [-0.39, 0.29) is 18.4 Å². The van der Waals surface area contributed by atoms with Gasteiger partial charge in [0, 0.05) is 34.4 Å². The van der Waals surface area contributed by atoms with Gasteiger partial charge in [0.05, 0.1) is 17.7 Å². The summed E-state index contributed by atoms with van der Waals surface area (Å²) in [6.07, 6.45) is 1.65. The van der Waals surface area contributed by atoms with Gasteiger partial charge >= 0.3 is 0 Å². The lowest BCUT2D eigenvalue weighted by Crippen LogP contribution is -2.29. The van der Waals surface area contributed by atoms with Crippen molar-refractivity contribution in [2.75, 3.05) is 0 Å². The monoisotopic (exact) mass is 491 g/mol. The van der Waals surface area contributed by atoms with Crippen LogP contribution in [0.25, 0.3) is 0 Å². The molecule has 20 heavy (non-hydrogen) atoms. The smallest absolute Gasteiger partial charge is 0.261 e. The first-order valence-electron chi connectivity index (χ1n) is 5.70. The molecule has 0 fully saturated rings. The minimum absolute atomic E-state index is 0.196.